The lowest BCUT2D eigenvalue weighted by Gasteiger charge is -2.11. The van der Waals surface area contributed by atoms with Crippen LogP contribution >= 0.6 is 23.2 Å². The molecular formula is C16H15Cl2NO2. The van der Waals surface area contributed by atoms with Crippen LogP contribution in [0, 0.1) is 6.92 Å². The Morgan fingerprint density at radius 1 is 1.14 bits per heavy atom. The molecule has 1 amide bonds. The number of benzene rings is 2. The number of hydrogen-bond donors (Lipinski definition) is 1. The van der Waals surface area contributed by atoms with Gasteiger partial charge in [-0.2, -0.15) is 0 Å². The minimum absolute atomic E-state index is 0.138. The van der Waals surface area contributed by atoms with Crippen molar-refractivity contribution in [3.8, 4) is 5.75 Å². The summed E-state index contributed by atoms with van der Waals surface area (Å²) < 4.78 is 5.23. The van der Waals surface area contributed by atoms with Crippen molar-refractivity contribution in [3.05, 3.63) is 57.6 Å². The van der Waals surface area contributed by atoms with Crippen LogP contribution in [0.25, 0.3) is 0 Å². The van der Waals surface area contributed by atoms with Gasteiger partial charge in [0.15, 0.2) is 0 Å². The monoisotopic (exact) mass is 323 g/mol. The van der Waals surface area contributed by atoms with Crippen LogP contribution in [0.2, 0.25) is 10.0 Å². The van der Waals surface area contributed by atoms with Crippen molar-refractivity contribution in [2.45, 2.75) is 13.3 Å². The Kier molecular flexibility index (Phi) is 5.10. The van der Waals surface area contributed by atoms with Gasteiger partial charge in [-0.1, -0.05) is 23.2 Å². The summed E-state index contributed by atoms with van der Waals surface area (Å²) in [6, 6.07) is 10.5. The average Bonchev–Trinajstić information content (AvgIpc) is 2.42. The Morgan fingerprint density at radius 3 is 2.48 bits per heavy atom. The highest BCUT2D eigenvalue weighted by molar-refractivity contribution is 6.31. The Bertz CT molecular complexity index is 671. The predicted octanol–water partition coefficient (Wildman–Crippen LogP) is 4.49. The minimum atomic E-state index is -0.138. The second-order valence-electron chi connectivity index (χ2n) is 4.64. The zero-order chi connectivity index (χ0) is 15.4. The van der Waals surface area contributed by atoms with Gasteiger partial charge in [-0.3, -0.25) is 4.79 Å². The number of ether oxygens (including phenoxy) is 1. The van der Waals surface area contributed by atoms with Gasteiger partial charge in [0.05, 0.1) is 13.5 Å². The number of aryl methyl sites for hydroxylation is 1. The van der Waals surface area contributed by atoms with Crippen molar-refractivity contribution >= 4 is 34.8 Å². The molecular weight excluding hydrogens is 309 g/mol. The smallest absolute Gasteiger partial charge is 0.228 e. The quantitative estimate of drug-likeness (QED) is 0.900. The minimum Gasteiger partial charge on any atom is -0.496 e. The summed E-state index contributed by atoms with van der Waals surface area (Å²) >= 11 is 11.9. The zero-order valence-electron chi connectivity index (χ0n) is 11.7. The summed E-state index contributed by atoms with van der Waals surface area (Å²) in [4.78, 5) is 12.2. The first-order valence-electron chi connectivity index (χ1n) is 6.38. The number of rotatable bonds is 4. The summed E-state index contributed by atoms with van der Waals surface area (Å²) in [5, 5.41) is 4.07. The molecule has 0 fully saturated rings. The summed E-state index contributed by atoms with van der Waals surface area (Å²) in [7, 11) is 1.56. The number of methoxy groups -OCH3 is 1. The van der Waals surface area contributed by atoms with Crippen molar-refractivity contribution in [2.75, 3.05) is 12.4 Å². The van der Waals surface area contributed by atoms with Crippen molar-refractivity contribution in [1.29, 1.82) is 0 Å². The van der Waals surface area contributed by atoms with Crippen LogP contribution in [0.15, 0.2) is 36.4 Å². The standard InChI is InChI=1S/C16H15Cl2NO2/c1-10-7-12(17)3-5-14(10)19-16(20)9-11-8-13(18)4-6-15(11)21-2/h3-8H,9H2,1-2H3,(H,19,20). The molecule has 110 valence electrons. The second kappa shape index (κ2) is 6.83. The van der Waals surface area contributed by atoms with Crippen LogP contribution in [-0.4, -0.2) is 13.0 Å². The molecule has 0 bridgehead atoms. The number of nitrogens with one attached hydrogen (secondary N) is 1. The number of hydrogen-bond acceptors (Lipinski definition) is 2. The van der Waals surface area contributed by atoms with E-state index in [0.29, 0.717) is 15.8 Å². The van der Waals surface area contributed by atoms with Crippen molar-refractivity contribution in [2.24, 2.45) is 0 Å². The highest BCUT2D eigenvalue weighted by atomic mass is 35.5. The first-order chi connectivity index (χ1) is 9.99. The Hall–Kier alpha value is -1.71. The number of carbonyl (C=O) groups is 1. The number of amides is 1. The summed E-state index contributed by atoms with van der Waals surface area (Å²) in [6.07, 6.45) is 0.186. The number of carbonyl (C=O) groups excluding carboxylic acids is 1. The molecule has 2 aromatic rings. The molecule has 0 spiro atoms. The molecule has 21 heavy (non-hydrogen) atoms. The fourth-order valence-electron chi connectivity index (χ4n) is 2.02. The van der Waals surface area contributed by atoms with Gasteiger partial charge in [0, 0.05) is 21.3 Å². The summed E-state index contributed by atoms with van der Waals surface area (Å²) in [6.45, 7) is 1.89. The van der Waals surface area contributed by atoms with E-state index in [1.54, 1.807) is 43.5 Å². The summed E-state index contributed by atoms with van der Waals surface area (Å²) in [5.41, 5.74) is 2.40. The lowest BCUT2D eigenvalue weighted by atomic mass is 10.1. The van der Waals surface area contributed by atoms with E-state index >= 15 is 0 Å². The van der Waals surface area contributed by atoms with Crippen LogP contribution < -0.4 is 10.1 Å². The zero-order valence-corrected chi connectivity index (χ0v) is 13.3. The van der Waals surface area contributed by atoms with E-state index in [1.807, 2.05) is 6.92 Å². The van der Waals surface area contributed by atoms with Gasteiger partial charge in [-0.05, 0) is 48.9 Å². The van der Waals surface area contributed by atoms with Crippen molar-refractivity contribution in [1.82, 2.24) is 0 Å². The maximum atomic E-state index is 12.2. The highest BCUT2D eigenvalue weighted by Crippen LogP contribution is 2.24. The van der Waals surface area contributed by atoms with E-state index in [4.69, 9.17) is 27.9 Å². The van der Waals surface area contributed by atoms with Gasteiger partial charge in [-0.25, -0.2) is 0 Å². The molecule has 0 unspecified atom stereocenters. The fraction of sp³-hybridized carbons (Fsp3) is 0.188. The first-order valence-corrected chi connectivity index (χ1v) is 7.13. The van der Waals surface area contributed by atoms with Crippen LogP contribution in [0.1, 0.15) is 11.1 Å². The van der Waals surface area contributed by atoms with E-state index in [9.17, 15) is 4.79 Å². The van der Waals surface area contributed by atoms with Gasteiger partial charge < -0.3 is 10.1 Å². The molecule has 2 rings (SSSR count). The van der Waals surface area contributed by atoms with E-state index in [0.717, 1.165) is 16.8 Å². The van der Waals surface area contributed by atoms with E-state index < -0.39 is 0 Å². The Labute approximate surface area is 133 Å². The topological polar surface area (TPSA) is 38.3 Å². The first kappa shape index (κ1) is 15.7. The van der Waals surface area contributed by atoms with E-state index in [1.165, 1.54) is 0 Å². The molecule has 3 nitrogen and oxygen atoms in total. The van der Waals surface area contributed by atoms with Crippen LogP contribution in [-0.2, 0) is 11.2 Å². The molecule has 0 saturated carbocycles. The third-order valence-corrected chi connectivity index (χ3v) is 3.53. The molecule has 0 aromatic heterocycles. The molecule has 0 saturated heterocycles. The maximum Gasteiger partial charge on any atom is 0.228 e. The van der Waals surface area contributed by atoms with Crippen LogP contribution in [0.5, 0.6) is 5.75 Å². The molecule has 0 heterocycles. The van der Waals surface area contributed by atoms with Crippen LogP contribution in [0.4, 0.5) is 5.69 Å². The van der Waals surface area contributed by atoms with Crippen molar-refractivity contribution < 1.29 is 9.53 Å². The third kappa shape index (κ3) is 4.13. The molecule has 0 radical (unpaired) electrons. The molecule has 0 aliphatic heterocycles. The Morgan fingerprint density at radius 2 is 1.81 bits per heavy atom. The predicted molar refractivity (Wildman–Crippen MR) is 86.5 cm³/mol. The lowest BCUT2D eigenvalue weighted by molar-refractivity contribution is -0.115. The molecule has 0 aliphatic carbocycles. The van der Waals surface area contributed by atoms with Gasteiger partial charge >= 0.3 is 0 Å². The molecule has 5 heteroatoms. The summed E-state index contributed by atoms with van der Waals surface area (Å²) in [5.74, 6) is 0.503. The van der Waals surface area contributed by atoms with E-state index in [-0.39, 0.29) is 12.3 Å². The van der Waals surface area contributed by atoms with Gasteiger partial charge in [0.1, 0.15) is 5.75 Å². The average molecular weight is 324 g/mol. The molecule has 1 N–H and O–H groups in total. The van der Waals surface area contributed by atoms with Gasteiger partial charge in [0.25, 0.3) is 0 Å². The fourth-order valence-corrected chi connectivity index (χ4v) is 2.44. The number of anilines is 1. The molecule has 0 atom stereocenters. The van der Waals surface area contributed by atoms with Gasteiger partial charge in [0.2, 0.25) is 5.91 Å². The molecule has 0 aliphatic rings. The SMILES string of the molecule is COc1ccc(Cl)cc1CC(=O)Nc1ccc(Cl)cc1C. The maximum absolute atomic E-state index is 12.2. The van der Waals surface area contributed by atoms with E-state index in [2.05, 4.69) is 5.32 Å². The Balaban J connectivity index is 2.13. The van der Waals surface area contributed by atoms with Crippen molar-refractivity contribution in [3.63, 3.8) is 0 Å². The number of halogens is 2. The second-order valence-corrected chi connectivity index (χ2v) is 5.51. The molecule has 2 aromatic carbocycles. The highest BCUT2D eigenvalue weighted by Gasteiger charge is 2.11. The third-order valence-electron chi connectivity index (χ3n) is 3.06. The lowest BCUT2D eigenvalue weighted by Crippen LogP contribution is -2.15. The van der Waals surface area contributed by atoms with Crippen LogP contribution in [0.3, 0.4) is 0 Å². The van der Waals surface area contributed by atoms with Gasteiger partial charge in [-0.15, -0.1) is 0 Å². The normalized spacial score (nSPS) is 10.3. The largest absolute Gasteiger partial charge is 0.496 e.